The van der Waals surface area contributed by atoms with Crippen LogP contribution < -0.4 is 0 Å². The molecule has 0 fully saturated rings. The zero-order valence-electron chi connectivity index (χ0n) is 10.7. The van der Waals surface area contributed by atoms with Gasteiger partial charge in [-0.15, -0.1) is 0 Å². The lowest BCUT2D eigenvalue weighted by molar-refractivity contribution is 0.0639. The average molecular weight is 266 g/mol. The Labute approximate surface area is 114 Å². The minimum absolute atomic E-state index is 0.109. The molecule has 6 heteroatoms. The maximum absolute atomic E-state index is 12.2. The van der Waals surface area contributed by atoms with Gasteiger partial charge in [-0.3, -0.25) is 19.2 Å². The number of nitriles is 1. The second-order valence-corrected chi connectivity index (χ2v) is 4.50. The molecule has 2 aromatic rings. The molecule has 0 saturated heterocycles. The van der Waals surface area contributed by atoms with Crippen LogP contribution in [-0.4, -0.2) is 26.5 Å². The number of fused-ring (bicyclic) bond motifs is 1. The summed E-state index contributed by atoms with van der Waals surface area (Å²) >= 11 is 0. The number of aromatic nitrogens is 2. The Bertz CT molecular complexity index is 735. The number of carbonyl (C=O) groups is 2. The van der Waals surface area contributed by atoms with Crippen molar-refractivity contribution in [2.24, 2.45) is 7.05 Å². The molecule has 0 atom stereocenters. The third kappa shape index (κ3) is 1.68. The van der Waals surface area contributed by atoms with Gasteiger partial charge in [0.05, 0.1) is 23.4 Å². The van der Waals surface area contributed by atoms with Crippen LogP contribution in [0.25, 0.3) is 0 Å². The highest BCUT2D eigenvalue weighted by atomic mass is 16.2. The van der Waals surface area contributed by atoms with Crippen LogP contribution in [0.2, 0.25) is 0 Å². The van der Waals surface area contributed by atoms with Crippen molar-refractivity contribution < 1.29 is 9.59 Å². The van der Waals surface area contributed by atoms with Crippen molar-refractivity contribution in [2.45, 2.75) is 6.54 Å². The molecule has 20 heavy (non-hydrogen) atoms. The summed E-state index contributed by atoms with van der Waals surface area (Å²) in [7, 11) is 1.67. The normalized spacial score (nSPS) is 13.5. The first kappa shape index (κ1) is 12.1. The van der Waals surface area contributed by atoms with Gasteiger partial charge < -0.3 is 0 Å². The summed E-state index contributed by atoms with van der Waals surface area (Å²) < 4.78 is 1.50. The molecule has 3 rings (SSSR count). The van der Waals surface area contributed by atoms with Crippen molar-refractivity contribution in [3.05, 3.63) is 52.8 Å². The number of imide groups is 1. The summed E-state index contributed by atoms with van der Waals surface area (Å²) in [6.07, 6.45) is 0. The molecule has 2 heterocycles. The van der Waals surface area contributed by atoms with Crippen molar-refractivity contribution in [1.29, 1.82) is 5.26 Å². The smallest absolute Gasteiger partial charge is 0.261 e. The fourth-order valence-corrected chi connectivity index (χ4v) is 2.25. The van der Waals surface area contributed by atoms with Gasteiger partial charge in [0.15, 0.2) is 5.69 Å². The summed E-state index contributed by atoms with van der Waals surface area (Å²) in [5.74, 6) is -0.629. The lowest BCUT2D eigenvalue weighted by Crippen LogP contribution is -2.30. The van der Waals surface area contributed by atoms with Gasteiger partial charge in [0.2, 0.25) is 0 Å². The Kier molecular flexibility index (Phi) is 2.61. The topological polar surface area (TPSA) is 79.0 Å². The molecule has 1 aliphatic rings. The highest BCUT2D eigenvalue weighted by Gasteiger charge is 2.35. The number of rotatable bonds is 2. The maximum atomic E-state index is 12.2. The molecular formula is C14H10N4O2. The number of aryl methyl sites for hydroxylation is 1. The summed E-state index contributed by atoms with van der Waals surface area (Å²) in [6.45, 7) is 0.109. The van der Waals surface area contributed by atoms with Gasteiger partial charge in [0, 0.05) is 7.05 Å². The Balaban J connectivity index is 1.94. The monoisotopic (exact) mass is 266 g/mol. The van der Waals surface area contributed by atoms with Gasteiger partial charge in [-0.05, 0) is 18.2 Å². The summed E-state index contributed by atoms with van der Waals surface area (Å²) in [5.41, 5.74) is 1.73. The fraction of sp³-hybridized carbons (Fsp3) is 0.143. The Morgan fingerprint density at radius 3 is 2.30 bits per heavy atom. The minimum atomic E-state index is -0.315. The van der Waals surface area contributed by atoms with Crippen LogP contribution in [-0.2, 0) is 13.6 Å². The van der Waals surface area contributed by atoms with Crippen molar-refractivity contribution in [3.8, 4) is 6.07 Å². The van der Waals surface area contributed by atoms with Gasteiger partial charge in [-0.25, -0.2) is 0 Å². The van der Waals surface area contributed by atoms with Crippen molar-refractivity contribution in [2.75, 3.05) is 0 Å². The maximum Gasteiger partial charge on any atom is 0.261 e. The molecule has 0 unspecified atom stereocenters. The molecule has 6 nitrogen and oxygen atoms in total. The van der Waals surface area contributed by atoms with Crippen LogP contribution >= 0.6 is 0 Å². The lowest BCUT2D eigenvalue weighted by Gasteiger charge is -2.13. The third-order valence-electron chi connectivity index (χ3n) is 3.29. The molecule has 0 spiro atoms. The van der Waals surface area contributed by atoms with Crippen LogP contribution in [0.15, 0.2) is 30.3 Å². The summed E-state index contributed by atoms with van der Waals surface area (Å²) in [6, 6.07) is 10.2. The van der Waals surface area contributed by atoms with E-state index in [0.29, 0.717) is 16.8 Å². The van der Waals surface area contributed by atoms with Crippen molar-refractivity contribution >= 4 is 11.8 Å². The zero-order valence-corrected chi connectivity index (χ0v) is 10.7. The number of amides is 2. The molecule has 0 bridgehead atoms. The van der Waals surface area contributed by atoms with E-state index in [2.05, 4.69) is 5.10 Å². The van der Waals surface area contributed by atoms with Gasteiger partial charge in [0.1, 0.15) is 6.07 Å². The molecule has 0 N–H and O–H groups in total. The van der Waals surface area contributed by atoms with Crippen molar-refractivity contribution in [3.63, 3.8) is 0 Å². The van der Waals surface area contributed by atoms with Crippen LogP contribution in [0.3, 0.4) is 0 Å². The molecule has 2 amide bonds. The van der Waals surface area contributed by atoms with Crippen LogP contribution in [0.5, 0.6) is 0 Å². The molecule has 0 radical (unpaired) electrons. The van der Waals surface area contributed by atoms with E-state index in [9.17, 15) is 9.59 Å². The van der Waals surface area contributed by atoms with E-state index < -0.39 is 0 Å². The first-order valence-electron chi connectivity index (χ1n) is 6.00. The second-order valence-electron chi connectivity index (χ2n) is 4.50. The molecule has 0 saturated carbocycles. The van der Waals surface area contributed by atoms with E-state index >= 15 is 0 Å². The summed E-state index contributed by atoms with van der Waals surface area (Å²) in [4.78, 5) is 25.6. The highest BCUT2D eigenvalue weighted by molar-refractivity contribution is 6.21. The molecule has 1 aromatic carbocycles. The van der Waals surface area contributed by atoms with Gasteiger partial charge in [-0.2, -0.15) is 10.4 Å². The third-order valence-corrected chi connectivity index (χ3v) is 3.29. The Hall–Kier alpha value is -2.94. The van der Waals surface area contributed by atoms with Crippen LogP contribution in [0, 0.1) is 11.3 Å². The zero-order chi connectivity index (χ0) is 14.3. The number of nitrogens with zero attached hydrogens (tertiary/aromatic N) is 4. The average Bonchev–Trinajstić information content (AvgIpc) is 2.93. The molecule has 0 aliphatic carbocycles. The van der Waals surface area contributed by atoms with Gasteiger partial charge in [-0.1, -0.05) is 12.1 Å². The fourth-order valence-electron chi connectivity index (χ4n) is 2.25. The largest absolute Gasteiger partial charge is 0.269 e. The first-order valence-corrected chi connectivity index (χ1v) is 6.00. The lowest BCUT2D eigenvalue weighted by atomic mass is 10.1. The highest BCUT2D eigenvalue weighted by Crippen LogP contribution is 2.24. The molecule has 1 aliphatic heterocycles. The summed E-state index contributed by atoms with van der Waals surface area (Å²) in [5, 5.41) is 12.8. The molecule has 1 aromatic heterocycles. The van der Waals surface area contributed by atoms with E-state index in [1.807, 2.05) is 6.07 Å². The number of hydrogen-bond acceptors (Lipinski definition) is 4. The Morgan fingerprint density at radius 1 is 1.20 bits per heavy atom. The molecule has 98 valence electrons. The Morgan fingerprint density at radius 2 is 1.80 bits per heavy atom. The standard InChI is InChI=1S/C14H10N4O2/c1-17-10(6-9(7-15)16-17)8-18-13(19)11-4-2-3-5-12(11)14(18)20/h2-6H,8H2,1H3. The van der Waals surface area contributed by atoms with E-state index in [-0.39, 0.29) is 24.1 Å². The number of carbonyl (C=O) groups excluding carboxylic acids is 2. The van der Waals surface area contributed by atoms with E-state index in [0.717, 1.165) is 0 Å². The SMILES string of the molecule is Cn1nc(C#N)cc1CN1C(=O)c2ccccc2C1=O. The number of benzene rings is 1. The van der Waals surface area contributed by atoms with E-state index in [1.165, 1.54) is 9.58 Å². The van der Waals surface area contributed by atoms with E-state index in [4.69, 9.17) is 5.26 Å². The van der Waals surface area contributed by atoms with Crippen LogP contribution in [0.4, 0.5) is 0 Å². The van der Waals surface area contributed by atoms with Crippen LogP contribution in [0.1, 0.15) is 32.1 Å². The minimum Gasteiger partial charge on any atom is -0.269 e. The van der Waals surface area contributed by atoms with Gasteiger partial charge >= 0.3 is 0 Å². The van der Waals surface area contributed by atoms with Gasteiger partial charge in [0.25, 0.3) is 11.8 Å². The van der Waals surface area contributed by atoms with E-state index in [1.54, 1.807) is 37.4 Å². The van der Waals surface area contributed by atoms with Crippen molar-refractivity contribution in [1.82, 2.24) is 14.7 Å². The second kappa shape index (κ2) is 4.31. The predicted octanol–water partition coefficient (Wildman–Crippen LogP) is 1.09. The predicted molar refractivity (Wildman–Crippen MR) is 68.6 cm³/mol. The number of hydrogen-bond donors (Lipinski definition) is 0. The quantitative estimate of drug-likeness (QED) is 0.762. The first-order chi connectivity index (χ1) is 9.61. The molecular weight excluding hydrogens is 256 g/mol.